The molecule has 0 aliphatic heterocycles. The Labute approximate surface area is 125 Å². The highest BCUT2D eigenvalue weighted by atomic mass is 35.5. The van der Waals surface area contributed by atoms with Gasteiger partial charge in [-0.2, -0.15) is 18.2 Å². The molecule has 114 valence electrons. The number of nitrogens with one attached hydrogen (secondary N) is 3. The predicted molar refractivity (Wildman–Crippen MR) is 72.6 cm³/mol. The number of benzene rings is 1. The molecule has 2 heterocycles. The van der Waals surface area contributed by atoms with Gasteiger partial charge in [-0.05, 0) is 24.3 Å². The highest BCUT2D eigenvalue weighted by Crippen LogP contribution is 2.26. The topological polar surface area (TPSA) is 86.5 Å². The van der Waals surface area contributed by atoms with Gasteiger partial charge in [-0.15, -0.1) is 5.10 Å². The van der Waals surface area contributed by atoms with Crippen LogP contribution in [0.15, 0.2) is 24.3 Å². The van der Waals surface area contributed by atoms with E-state index in [-0.39, 0.29) is 5.69 Å². The van der Waals surface area contributed by atoms with Crippen molar-refractivity contribution < 1.29 is 18.0 Å². The van der Waals surface area contributed by atoms with E-state index in [1.54, 1.807) is 23.3 Å². The Morgan fingerprint density at radius 3 is 2.73 bits per heavy atom. The zero-order valence-corrected chi connectivity index (χ0v) is 11.4. The predicted octanol–water partition coefficient (Wildman–Crippen LogP) is 3.21. The molecule has 0 aliphatic carbocycles. The molecule has 0 bridgehead atoms. The van der Waals surface area contributed by atoms with E-state index in [1.165, 1.54) is 6.07 Å². The highest BCUT2D eigenvalue weighted by Gasteiger charge is 2.35. The van der Waals surface area contributed by atoms with Crippen LogP contribution in [0.4, 0.5) is 19.1 Å². The lowest BCUT2D eigenvalue weighted by Gasteiger charge is -1.99. The molecule has 1 amide bonds. The van der Waals surface area contributed by atoms with Crippen molar-refractivity contribution in [2.24, 2.45) is 0 Å². The van der Waals surface area contributed by atoms with E-state index in [4.69, 9.17) is 11.6 Å². The van der Waals surface area contributed by atoms with Gasteiger partial charge in [0, 0.05) is 15.9 Å². The zero-order valence-electron chi connectivity index (χ0n) is 10.6. The number of anilines is 1. The van der Waals surface area contributed by atoms with E-state index in [0.717, 1.165) is 0 Å². The van der Waals surface area contributed by atoms with Gasteiger partial charge in [0.05, 0.1) is 0 Å². The van der Waals surface area contributed by atoms with Gasteiger partial charge >= 0.3 is 6.18 Å². The molecular formula is C12H7ClF3N5O. The van der Waals surface area contributed by atoms with Crippen molar-refractivity contribution in [3.8, 4) is 0 Å². The molecule has 22 heavy (non-hydrogen) atoms. The van der Waals surface area contributed by atoms with Crippen molar-refractivity contribution >= 4 is 34.4 Å². The summed E-state index contributed by atoms with van der Waals surface area (Å²) in [6.45, 7) is 0. The minimum atomic E-state index is -4.66. The van der Waals surface area contributed by atoms with Crippen LogP contribution in [0.25, 0.3) is 10.9 Å². The van der Waals surface area contributed by atoms with Gasteiger partial charge in [0.1, 0.15) is 5.69 Å². The van der Waals surface area contributed by atoms with Gasteiger partial charge in [-0.25, -0.2) is 0 Å². The van der Waals surface area contributed by atoms with E-state index in [9.17, 15) is 18.0 Å². The van der Waals surface area contributed by atoms with Crippen LogP contribution in [0.2, 0.25) is 5.02 Å². The fraction of sp³-hybridized carbons (Fsp3) is 0.0833. The number of nitrogens with zero attached hydrogens (tertiary/aromatic N) is 2. The van der Waals surface area contributed by atoms with E-state index in [2.05, 4.69) is 20.4 Å². The number of alkyl halides is 3. The standard InChI is InChI=1S/C12H7ClF3N5O/c13-6-1-2-7-5(3-6)4-8(17-7)9(22)18-11-19-10(20-21-11)12(14,15)16/h1-4,17H,(H2,18,19,20,21,22). The Kier molecular flexibility index (Phi) is 3.28. The average molecular weight is 330 g/mol. The molecule has 1 aromatic carbocycles. The smallest absolute Gasteiger partial charge is 0.351 e. The van der Waals surface area contributed by atoms with Gasteiger partial charge < -0.3 is 4.98 Å². The molecule has 0 saturated heterocycles. The Morgan fingerprint density at radius 1 is 1.27 bits per heavy atom. The van der Waals surface area contributed by atoms with Gasteiger partial charge in [0.25, 0.3) is 5.91 Å². The Bertz CT molecular complexity index is 854. The second-order valence-corrected chi connectivity index (χ2v) is 4.81. The fourth-order valence-corrected chi connectivity index (χ4v) is 2.02. The normalized spacial score (nSPS) is 11.8. The number of H-pyrrole nitrogens is 2. The average Bonchev–Trinajstić information content (AvgIpc) is 3.03. The highest BCUT2D eigenvalue weighted by molar-refractivity contribution is 6.31. The van der Waals surface area contributed by atoms with E-state index in [0.29, 0.717) is 15.9 Å². The summed E-state index contributed by atoms with van der Waals surface area (Å²) in [4.78, 5) is 18.0. The SMILES string of the molecule is O=C(Nc1n[nH]c(C(F)(F)F)n1)c1cc2cc(Cl)ccc2[nH]1. The van der Waals surface area contributed by atoms with Crippen LogP contribution in [-0.2, 0) is 6.18 Å². The molecule has 0 fully saturated rings. The molecule has 3 N–H and O–H groups in total. The maximum absolute atomic E-state index is 12.4. The molecule has 0 saturated carbocycles. The Morgan fingerprint density at radius 2 is 2.05 bits per heavy atom. The first kappa shape index (κ1) is 14.4. The van der Waals surface area contributed by atoms with Crippen LogP contribution < -0.4 is 5.32 Å². The van der Waals surface area contributed by atoms with Crippen molar-refractivity contribution in [3.05, 3.63) is 40.8 Å². The van der Waals surface area contributed by atoms with Gasteiger partial charge in [0.2, 0.25) is 11.8 Å². The van der Waals surface area contributed by atoms with E-state index in [1.807, 2.05) is 0 Å². The second-order valence-electron chi connectivity index (χ2n) is 4.37. The number of halogens is 4. The van der Waals surface area contributed by atoms with Crippen LogP contribution in [0.1, 0.15) is 16.3 Å². The maximum atomic E-state index is 12.4. The van der Waals surface area contributed by atoms with Crippen molar-refractivity contribution in [2.45, 2.75) is 6.18 Å². The summed E-state index contributed by atoms with van der Waals surface area (Å²) in [5.74, 6) is -2.42. The van der Waals surface area contributed by atoms with Crippen LogP contribution >= 0.6 is 11.6 Å². The van der Waals surface area contributed by atoms with Crippen LogP contribution in [0, 0.1) is 0 Å². The summed E-state index contributed by atoms with van der Waals surface area (Å²) in [6, 6.07) is 6.50. The summed E-state index contributed by atoms with van der Waals surface area (Å²) in [5.41, 5.74) is 0.816. The van der Waals surface area contributed by atoms with Crippen LogP contribution in [-0.4, -0.2) is 26.1 Å². The summed E-state index contributed by atoms with van der Waals surface area (Å²) < 4.78 is 37.1. The first-order valence-corrected chi connectivity index (χ1v) is 6.30. The van der Waals surface area contributed by atoms with Crippen molar-refractivity contribution in [2.75, 3.05) is 5.32 Å². The quantitative estimate of drug-likeness (QED) is 0.674. The summed E-state index contributed by atoms with van der Waals surface area (Å²) in [7, 11) is 0. The number of amides is 1. The lowest BCUT2D eigenvalue weighted by molar-refractivity contribution is -0.144. The minimum absolute atomic E-state index is 0.149. The fourth-order valence-electron chi connectivity index (χ4n) is 1.84. The number of hydrogen-bond acceptors (Lipinski definition) is 3. The number of rotatable bonds is 2. The van der Waals surface area contributed by atoms with Crippen molar-refractivity contribution in [3.63, 3.8) is 0 Å². The zero-order chi connectivity index (χ0) is 15.9. The second kappa shape index (κ2) is 5.02. The number of hydrogen-bond donors (Lipinski definition) is 3. The molecule has 3 rings (SSSR count). The molecule has 0 spiro atoms. The first-order chi connectivity index (χ1) is 10.3. The van der Waals surface area contributed by atoms with Crippen molar-refractivity contribution in [1.82, 2.24) is 20.2 Å². The van der Waals surface area contributed by atoms with Gasteiger partial charge in [0.15, 0.2) is 0 Å². The number of fused-ring (bicyclic) bond motifs is 1. The van der Waals surface area contributed by atoms with Crippen LogP contribution in [0.3, 0.4) is 0 Å². The molecule has 0 atom stereocenters. The monoisotopic (exact) mass is 329 g/mol. The third-order valence-corrected chi connectivity index (χ3v) is 3.04. The molecule has 10 heteroatoms. The van der Waals surface area contributed by atoms with E-state index < -0.39 is 23.9 Å². The molecule has 0 aliphatic rings. The van der Waals surface area contributed by atoms with Gasteiger partial charge in [-0.3, -0.25) is 15.2 Å². The first-order valence-electron chi connectivity index (χ1n) is 5.92. The third kappa shape index (κ3) is 2.75. The maximum Gasteiger partial charge on any atom is 0.451 e. The third-order valence-electron chi connectivity index (χ3n) is 2.81. The Balaban J connectivity index is 1.82. The molecule has 6 nitrogen and oxygen atoms in total. The Hall–Kier alpha value is -2.55. The molecular weight excluding hydrogens is 323 g/mol. The van der Waals surface area contributed by atoms with Crippen molar-refractivity contribution in [1.29, 1.82) is 0 Å². The molecule has 0 unspecified atom stereocenters. The van der Waals surface area contributed by atoms with Crippen LogP contribution in [0.5, 0.6) is 0 Å². The van der Waals surface area contributed by atoms with E-state index >= 15 is 0 Å². The summed E-state index contributed by atoms with van der Waals surface area (Å²) >= 11 is 5.84. The number of aromatic amines is 2. The van der Waals surface area contributed by atoms with Gasteiger partial charge in [-0.1, -0.05) is 11.6 Å². The summed E-state index contributed by atoms with van der Waals surface area (Å²) in [5, 5.41) is 8.37. The molecule has 0 radical (unpaired) electrons. The minimum Gasteiger partial charge on any atom is -0.351 e. The lowest BCUT2D eigenvalue weighted by atomic mass is 10.2. The number of aromatic nitrogens is 4. The molecule has 3 aromatic rings. The summed E-state index contributed by atoms with van der Waals surface area (Å²) in [6.07, 6.45) is -4.66. The number of carbonyl (C=O) groups excluding carboxylic acids is 1. The molecule has 2 aromatic heterocycles. The number of carbonyl (C=O) groups is 1. The largest absolute Gasteiger partial charge is 0.451 e. The lowest BCUT2D eigenvalue weighted by Crippen LogP contribution is -2.13.